The Bertz CT molecular complexity index is 872. The van der Waals surface area contributed by atoms with Crippen molar-refractivity contribution < 1.29 is 23.9 Å². The fourth-order valence-electron chi connectivity index (χ4n) is 3.45. The van der Waals surface area contributed by atoms with Crippen LogP contribution in [0.1, 0.15) is 71.0 Å². The van der Waals surface area contributed by atoms with Crippen LogP contribution in [0.3, 0.4) is 0 Å². The minimum Gasteiger partial charge on any atom is -0.444 e. The molecule has 1 aliphatic rings. The van der Waals surface area contributed by atoms with Crippen molar-refractivity contribution in [2.45, 2.75) is 90.6 Å². The van der Waals surface area contributed by atoms with Crippen LogP contribution >= 0.6 is 0 Å². The van der Waals surface area contributed by atoms with E-state index in [0.717, 1.165) is 18.4 Å². The predicted molar refractivity (Wildman–Crippen MR) is 124 cm³/mol. The number of nitrogens with one attached hydrogen (secondary N) is 2. The molecule has 2 atom stereocenters. The molecule has 1 aromatic carbocycles. The summed E-state index contributed by atoms with van der Waals surface area (Å²) < 4.78 is 5.26. The summed E-state index contributed by atoms with van der Waals surface area (Å²) in [5.74, 6) is -1.63. The summed E-state index contributed by atoms with van der Waals surface area (Å²) in [7, 11) is 0. The number of carbonyl (C=O) groups excluding carboxylic acids is 4. The zero-order valence-corrected chi connectivity index (χ0v) is 20.3. The van der Waals surface area contributed by atoms with E-state index in [1.165, 1.54) is 4.90 Å². The lowest BCUT2D eigenvalue weighted by Gasteiger charge is -2.35. The number of nitrogens with zero attached hydrogens (tertiary/aromatic N) is 1. The smallest absolute Gasteiger partial charge is 0.408 e. The Labute approximate surface area is 195 Å². The Balaban J connectivity index is 2.42. The highest BCUT2D eigenvalue weighted by Crippen LogP contribution is 2.36. The van der Waals surface area contributed by atoms with Gasteiger partial charge in [0.25, 0.3) is 0 Å². The lowest BCUT2D eigenvalue weighted by molar-refractivity contribution is -0.144. The highest BCUT2D eigenvalue weighted by molar-refractivity contribution is 5.95. The molecule has 2 rings (SSSR count). The maximum Gasteiger partial charge on any atom is 0.408 e. The molecular formula is C24H36N4O5. The van der Waals surface area contributed by atoms with Crippen LogP contribution in [-0.2, 0) is 19.1 Å². The Kier molecular flexibility index (Phi) is 8.46. The number of carbonyl (C=O) groups is 4. The second-order valence-corrected chi connectivity index (χ2v) is 9.82. The third-order valence-corrected chi connectivity index (χ3v) is 4.94. The zero-order valence-electron chi connectivity index (χ0n) is 20.3. The van der Waals surface area contributed by atoms with Crippen LogP contribution < -0.4 is 16.4 Å². The molecule has 1 saturated carbocycles. The Morgan fingerprint density at radius 3 is 2.12 bits per heavy atom. The number of rotatable bonds is 9. The van der Waals surface area contributed by atoms with Gasteiger partial charge in [0.1, 0.15) is 17.7 Å². The molecule has 0 aliphatic heterocycles. The molecule has 4 N–H and O–H groups in total. The quantitative estimate of drug-likeness (QED) is 0.520. The van der Waals surface area contributed by atoms with Gasteiger partial charge in [-0.15, -0.1) is 0 Å². The zero-order chi connectivity index (χ0) is 24.9. The van der Waals surface area contributed by atoms with E-state index < -0.39 is 42.0 Å². The van der Waals surface area contributed by atoms with Gasteiger partial charge in [-0.05, 0) is 59.9 Å². The molecule has 0 saturated heterocycles. The van der Waals surface area contributed by atoms with Crippen molar-refractivity contribution in [2.24, 2.45) is 5.73 Å². The van der Waals surface area contributed by atoms with E-state index in [4.69, 9.17) is 10.5 Å². The first kappa shape index (κ1) is 26.2. The van der Waals surface area contributed by atoms with Crippen molar-refractivity contribution in [1.29, 1.82) is 0 Å². The largest absolute Gasteiger partial charge is 0.444 e. The van der Waals surface area contributed by atoms with Gasteiger partial charge in [0.05, 0.1) is 6.42 Å². The monoisotopic (exact) mass is 460 g/mol. The van der Waals surface area contributed by atoms with Gasteiger partial charge >= 0.3 is 6.09 Å². The van der Waals surface area contributed by atoms with Crippen LogP contribution in [0.5, 0.6) is 0 Å². The van der Waals surface area contributed by atoms with Crippen molar-refractivity contribution in [2.75, 3.05) is 0 Å². The van der Waals surface area contributed by atoms with Gasteiger partial charge in [-0.25, -0.2) is 4.79 Å². The summed E-state index contributed by atoms with van der Waals surface area (Å²) in [6.45, 7) is 10.7. The summed E-state index contributed by atoms with van der Waals surface area (Å²) in [5.41, 5.74) is 6.25. The van der Waals surface area contributed by atoms with E-state index in [0.29, 0.717) is 5.56 Å². The number of amides is 4. The number of benzene rings is 1. The standard InChI is InChI=1S/C24H36N4O5/c1-14(2)26-21(30)20(16-9-7-15(3)8-10-16)28(17-11-12-17)22(31)18(13-19(25)29)27-23(32)33-24(4,5)6/h7-10,14,17-18,20H,11-13H2,1-6H3,(H2,25,29)(H,26,30)(H,27,32). The molecule has 0 aromatic heterocycles. The predicted octanol–water partition coefficient (Wildman–Crippen LogP) is 2.32. The van der Waals surface area contributed by atoms with Crippen LogP contribution in [0.25, 0.3) is 0 Å². The Morgan fingerprint density at radius 2 is 1.67 bits per heavy atom. The lowest BCUT2D eigenvalue weighted by atomic mass is 10.0. The summed E-state index contributed by atoms with van der Waals surface area (Å²) in [6, 6.07) is 4.89. The lowest BCUT2D eigenvalue weighted by Crippen LogP contribution is -2.55. The van der Waals surface area contributed by atoms with Gasteiger partial charge in [-0.3, -0.25) is 14.4 Å². The van der Waals surface area contributed by atoms with E-state index >= 15 is 0 Å². The number of hydrogen-bond acceptors (Lipinski definition) is 5. The molecule has 0 heterocycles. The number of alkyl carbamates (subject to hydrolysis) is 1. The average Bonchev–Trinajstić information content (AvgIpc) is 3.48. The van der Waals surface area contributed by atoms with Crippen LogP contribution in [-0.4, -0.2) is 52.4 Å². The average molecular weight is 461 g/mol. The Hall–Kier alpha value is -3.10. The van der Waals surface area contributed by atoms with E-state index in [1.807, 2.05) is 45.0 Å². The third-order valence-electron chi connectivity index (χ3n) is 4.94. The molecule has 1 aromatic rings. The van der Waals surface area contributed by atoms with Gasteiger partial charge in [-0.2, -0.15) is 0 Å². The number of nitrogens with two attached hydrogens (primary N) is 1. The van der Waals surface area contributed by atoms with E-state index in [1.54, 1.807) is 20.8 Å². The number of ether oxygens (including phenoxy) is 1. The molecule has 9 heteroatoms. The molecule has 2 unspecified atom stereocenters. The van der Waals surface area contributed by atoms with Crippen LogP contribution in [0.15, 0.2) is 24.3 Å². The maximum absolute atomic E-state index is 13.7. The first-order valence-corrected chi connectivity index (χ1v) is 11.3. The summed E-state index contributed by atoms with van der Waals surface area (Å²) in [5, 5.41) is 5.37. The van der Waals surface area contributed by atoms with Crippen LogP contribution in [0.2, 0.25) is 0 Å². The number of aryl methyl sites for hydroxylation is 1. The molecule has 9 nitrogen and oxygen atoms in total. The van der Waals surface area contributed by atoms with Gasteiger partial charge in [-0.1, -0.05) is 29.8 Å². The fraction of sp³-hybridized carbons (Fsp3) is 0.583. The summed E-state index contributed by atoms with van der Waals surface area (Å²) in [4.78, 5) is 52.6. The van der Waals surface area contributed by atoms with Crippen molar-refractivity contribution in [1.82, 2.24) is 15.5 Å². The highest BCUT2D eigenvalue weighted by atomic mass is 16.6. The molecule has 0 bridgehead atoms. The molecular weight excluding hydrogens is 424 g/mol. The SMILES string of the molecule is Cc1ccc(C(C(=O)NC(C)C)N(C(=O)C(CC(N)=O)NC(=O)OC(C)(C)C)C2CC2)cc1. The molecule has 182 valence electrons. The second kappa shape index (κ2) is 10.7. The van der Waals surface area contributed by atoms with Gasteiger partial charge in [0.2, 0.25) is 17.7 Å². The first-order chi connectivity index (χ1) is 15.3. The normalized spacial score (nSPS) is 15.4. The highest BCUT2D eigenvalue weighted by Gasteiger charge is 2.44. The molecule has 33 heavy (non-hydrogen) atoms. The topological polar surface area (TPSA) is 131 Å². The van der Waals surface area contributed by atoms with E-state index in [2.05, 4.69) is 10.6 Å². The third kappa shape index (κ3) is 8.07. The maximum atomic E-state index is 13.7. The van der Waals surface area contributed by atoms with Gasteiger partial charge in [0, 0.05) is 12.1 Å². The Morgan fingerprint density at radius 1 is 1.09 bits per heavy atom. The van der Waals surface area contributed by atoms with Gasteiger partial charge in [0.15, 0.2) is 0 Å². The van der Waals surface area contributed by atoms with Crippen LogP contribution in [0, 0.1) is 6.92 Å². The number of primary amides is 1. The summed E-state index contributed by atoms with van der Waals surface area (Å²) in [6.07, 6.45) is 0.196. The summed E-state index contributed by atoms with van der Waals surface area (Å²) >= 11 is 0. The second-order valence-electron chi connectivity index (χ2n) is 9.82. The molecule has 0 radical (unpaired) electrons. The fourth-order valence-corrected chi connectivity index (χ4v) is 3.45. The minimum absolute atomic E-state index is 0.136. The van der Waals surface area contributed by atoms with Crippen molar-refractivity contribution in [3.8, 4) is 0 Å². The van der Waals surface area contributed by atoms with Crippen molar-refractivity contribution in [3.05, 3.63) is 35.4 Å². The number of hydrogen-bond donors (Lipinski definition) is 3. The van der Waals surface area contributed by atoms with Crippen LogP contribution in [0.4, 0.5) is 4.79 Å². The molecule has 1 fully saturated rings. The van der Waals surface area contributed by atoms with Crippen molar-refractivity contribution >= 4 is 23.8 Å². The minimum atomic E-state index is -1.25. The molecule has 0 spiro atoms. The van der Waals surface area contributed by atoms with Crippen molar-refractivity contribution in [3.63, 3.8) is 0 Å². The molecule has 4 amide bonds. The van der Waals surface area contributed by atoms with E-state index in [9.17, 15) is 19.2 Å². The first-order valence-electron chi connectivity index (χ1n) is 11.3. The van der Waals surface area contributed by atoms with Gasteiger partial charge < -0.3 is 26.0 Å². The molecule has 1 aliphatic carbocycles. The van der Waals surface area contributed by atoms with E-state index in [-0.39, 0.29) is 18.0 Å².